The van der Waals surface area contributed by atoms with E-state index in [9.17, 15) is 9.59 Å². The van der Waals surface area contributed by atoms with Gasteiger partial charge in [-0.1, -0.05) is 23.7 Å². The summed E-state index contributed by atoms with van der Waals surface area (Å²) in [6.07, 6.45) is -0.732. The number of hydrogen-bond donors (Lipinski definition) is 1. The van der Waals surface area contributed by atoms with Crippen LogP contribution in [0.2, 0.25) is 5.02 Å². The van der Waals surface area contributed by atoms with Gasteiger partial charge >= 0.3 is 5.97 Å². The lowest BCUT2D eigenvalue weighted by Gasteiger charge is -2.17. The number of halogens is 1. The standard InChI is InChI=1S/C19H20ClNO4/c1-4-24-19(23)16-9-6-10-17(12(16)2)21-18(22)13(3)25-15-8-5-7-14(20)11-15/h5-11,13H,4H2,1-3H3,(H,21,22)/t13-/m1/s1. The minimum absolute atomic E-state index is 0.291. The molecule has 0 aliphatic rings. The molecule has 2 rings (SSSR count). The number of carbonyl (C=O) groups is 2. The van der Waals surface area contributed by atoms with Gasteiger partial charge in [0.15, 0.2) is 6.10 Å². The van der Waals surface area contributed by atoms with Crippen LogP contribution in [0.1, 0.15) is 29.8 Å². The summed E-state index contributed by atoms with van der Waals surface area (Å²) < 4.78 is 10.6. The first-order chi connectivity index (χ1) is 11.9. The van der Waals surface area contributed by atoms with E-state index in [1.165, 1.54) is 0 Å². The van der Waals surface area contributed by atoms with Crippen molar-refractivity contribution in [3.05, 3.63) is 58.6 Å². The average molecular weight is 362 g/mol. The third-order valence-electron chi connectivity index (χ3n) is 3.57. The second kappa shape index (κ2) is 8.53. The van der Waals surface area contributed by atoms with E-state index in [1.807, 2.05) is 0 Å². The normalized spacial score (nSPS) is 11.5. The average Bonchev–Trinajstić information content (AvgIpc) is 2.56. The molecule has 0 fully saturated rings. The molecule has 0 spiro atoms. The zero-order valence-electron chi connectivity index (χ0n) is 14.3. The van der Waals surface area contributed by atoms with Crippen molar-refractivity contribution in [1.29, 1.82) is 0 Å². The maximum absolute atomic E-state index is 12.4. The van der Waals surface area contributed by atoms with Crippen LogP contribution < -0.4 is 10.1 Å². The number of rotatable bonds is 6. The molecular formula is C19H20ClNO4. The molecule has 5 nitrogen and oxygen atoms in total. The minimum Gasteiger partial charge on any atom is -0.481 e. The second-order valence-electron chi connectivity index (χ2n) is 5.41. The molecule has 6 heteroatoms. The highest BCUT2D eigenvalue weighted by Crippen LogP contribution is 2.22. The van der Waals surface area contributed by atoms with Crippen LogP contribution in [0.4, 0.5) is 5.69 Å². The van der Waals surface area contributed by atoms with Crippen LogP contribution in [-0.4, -0.2) is 24.6 Å². The molecule has 1 N–H and O–H groups in total. The highest BCUT2D eigenvalue weighted by Gasteiger charge is 2.18. The summed E-state index contributed by atoms with van der Waals surface area (Å²) in [6.45, 7) is 5.43. The lowest BCUT2D eigenvalue weighted by atomic mass is 10.1. The first-order valence-corrected chi connectivity index (χ1v) is 8.30. The van der Waals surface area contributed by atoms with E-state index in [0.717, 1.165) is 0 Å². The van der Waals surface area contributed by atoms with E-state index < -0.39 is 12.1 Å². The van der Waals surface area contributed by atoms with E-state index in [4.69, 9.17) is 21.1 Å². The number of hydrogen-bond acceptors (Lipinski definition) is 4. The van der Waals surface area contributed by atoms with Gasteiger partial charge in [0.05, 0.1) is 12.2 Å². The number of ether oxygens (including phenoxy) is 2. The van der Waals surface area contributed by atoms with Gasteiger partial charge in [0.25, 0.3) is 5.91 Å². The molecule has 0 heterocycles. The van der Waals surface area contributed by atoms with E-state index >= 15 is 0 Å². The van der Waals surface area contributed by atoms with Crippen LogP contribution in [0, 0.1) is 6.92 Å². The third kappa shape index (κ3) is 4.97. The van der Waals surface area contributed by atoms with Crippen LogP contribution in [-0.2, 0) is 9.53 Å². The number of anilines is 1. The summed E-state index contributed by atoms with van der Waals surface area (Å²) in [7, 11) is 0. The predicted octanol–water partition coefficient (Wildman–Crippen LogP) is 4.23. The third-order valence-corrected chi connectivity index (χ3v) is 3.80. The molecule has 25 heavy (non-hydrogen) atoms. The van der Waals surface area contributed by atoms with Crippen LogP contribution in [0.5, 0.6) is 5.75 Å². The van der Waals surface area contributed by atoms with Crippen molar-refractivity contribution in [2.24, 2.45) is 0 Å². The van der Waals surface area contributed by atoms with Crippen LogP contribution >= 0.6 is 11.6 Å². The Kier molecular flexibility index (Phi) is 6.42. The minimum atomic E-state index is -0.732. The zero-order valence-corrected chi connectivity index (χ0v) is 15.1. The quantitative estimate of drug-likeness (QED) is 0.782. The molecule has 0 aliphatic heterocycles. The Morgan fingerprint density at radius 2 is 1.92 bits per heavy atom. The smallest absolute Gasteiger partial charge is 0.338 e. The Morgan fingerprint density at radius 1 is 1.20 bits per heavy atom. The van der Waals surface area contributed by atoms with Crippen LogP contribution in [0.15, 0.2) is 42.5 Å². The van der Waals surface area contributed by atoms with E-state index in [2.05, 4.69) is 5.32 Å². The highest BCUT2D eigenvalue weighted by atomic mass is 35.5. The molecule has 0 bridgehead atoms. The van der Waals surface area contributed by atoms with Crippen molar-refractivity contribution in [1.82, 2.24) is 0 Å². The van der Waals surface area contributed by atoms with E-state index in [0.29, 0.717) is 34.2 Å². The second-order valence-corrected chi connectivity index (χ2v) is 5.84. The fourth-order valence-electron chi connectivity index (χ4n) is 2.23. The molecule has 0 aromatic heterocycles. The highest BCUT2D eigenvalue weighted by molar-refractivity contribution is 6.30. The van der Waals surface area contributed by atoms with E-state index in [-0.39, 0.29) is 5.91 Å². The van der Waals surface area contributed by atoms with Gasteiger partial charge < -0.3 is 14.8 Å². The fourth-order valence-corrected chi connectivity index (χ4v) is 2.41. The molecule has 132 valence electrons. The molecule has 1 amide bonds. The van der Waals surface area contributed by atoms with Gasteiger partial charge in [0, 0.05) is 10.7 Å². The molecule has 0 saturated carbocycles. The lowest BCUT2D eigenvalue weighted by Crippen LogP contribution is -2.30. The molecule has 0 radical (unpaired) electrons. The Bertz CT molecular complexity index is 776. The number of carbonyl (C=O) groups excluding carboxylic acids is 2. The van der Waals surface area contributed by atoms with Crippen LogP contribution in [0.3, 0.4) is 0 Å². The summed E-state index contributed by atoms with van der Waals surface area (Å²) in [4.78, 5) is 24.3. The number of benzene rings is 2. The van der Waals surface area contributed by atoms with Gasteiger partial charge in [-0.25, -0.2) is 4.79 Å². The van der Waals surface area contributed by atoms with Gasteiger partial charge in [-0.3, -0.25) is 4.79 Å². The predicted molar refractivity (Wildman–Crippen MR) is 97.3 cm³/mol. The monoisotopic (exact) mass is 361 g/mol. The van der Waals surface area contributed by atoms with Crippen molar-refractivity contribution in [2.45, 2.75) is 26.9 Å². The molecular weight excluding hydrogens is 342 g/mol. The summed E-state index contributed by atoms with van der Waals surface area (Å²) >= 11 is 5.91. The van der Waals surface area contributed by atoms with Gasteiger partial charge in [0.2, 0.25) is 0 Å². The Labute approximate surface area is 151 Å². The molecule has 1 atom stereocenters. The van der Waals surface area contributed by atoms with Crippen molar-refractivity contribution >= 4 is 29.2 Å². The van der Waals surface area contributed by atoms with Crippen LogP contribution in [0.25, 0.3) is 0 Å². The Balaban J connectivity index is 2.09. The maximum Gasteiger partial charge on any atom is 0.338 e. The summed E-state index contributed by atoms with van der Waals surface area (Å²) in [5.74, 6) is -0.240. The van der Waals surface area contributed by atoms with Crippen molar-refractivity contribution < 1.29 is 19.1 Å². The first-order valence-electron chi connectivity index (χ1n) is 7.92. The molecule has 0 unspecified atom stereocenters. The van der Waals surface area contributed by atoms with Crippen molar-refractivity contribution in [2.75, 3.05) is 11.9 Å². The van der Waals surface area contributed by atoms with Gasteiger partial charge in [-0.05, 0) is 56.7 Å². The number of amides is 1. The molecule has 0 saturated heterocycles. The molecule has 2 aromatic carbocycles. The molecule has 2 aromatic rings. The zero-order chi connectivity index (χ0) is 18.4. The number of esters is 1. The van der Waals surface area contributed by atoms with Crippen molar-refractivity contribution in [3.8, 4) is 5.75 Å². The first kappa shape index (κ1) is 18.8. The Hall–Kier alpha value is -2.53. The lowest BCUT2D eigenvalue weighted by molar-refractivity contribution is -0.122. The summed E-state index contributed by atoms with van der Waals surface area (Å²) in [5.41, 5.74) is 1.60. The SMILES string of the molecule is CCOC(=O)c1cccc(NC(=O)[C@@H](C)Oc2cccc(Cl)c2)c1C. The summed E-state index contributed by atoms with van der Waals surface area (Å²) in [6, 6.07) is 11.9. The van der Waals surface area contributed by atoms with E-state index in [1.54, 1.807) is 63.2 Å². The van der Waals surface area contributed by atoms with Gasteiger partial charge in [-0.2, -0.15) is 0 Å². The summed E-state index contributed by atoms with van der Waals surface area (Å²) in [5, 5.41) is 3.31. The fraction of sp³-hybridized carbons (Fsp3) is 0.263. The Morgan fingerprint density at radius 3 is 2.60 bits per heavy atom. The molecule has 0 aliphatic carbocycles. The largest absolute Gasteiger partial charge is 0.481 e. The van der Waals surface area contributed by atoms with Crippen molar-refractivity contribution in [3.63, 3.8) is 0 Å². The number of nitrogens with one attached hydrogen (secondary N) is 1. The maximum atomic E-state index is 12.4. The topological polar surface area (TPSA) is 64.6 Å². The van der Waals surface area contributed by atoms with Gasteiger partial charge in [0.1, 0.15) is 5.75 Å². The van der Waals surface area contributed by atoms with Gasteiger partial charge in [-0.15, -0.1) is 0 Å².